The SMILES string of the molecule is COc1cc(CN(C(=O)c2sc3c(F)ccc(F)c3c2Cl)C2CCCCC2)cc(-c2ccncc2)c1. The summed E-state index contributed by atoms with van der Waals surface area (Å²) >= 11 is 7.41. The first-order valence-electron chi connectivity index (χ1n) is 11.9. The number of methoxy groups -OCH3 is 1. The number of halogens is 3. The lowest BCUT2D eigenvalue weighted by molar-refractivity contribution is 0.0619. The summed E-state index contributed by atoms with van der Waals surface area (Å²) in [7, 11) is 1.61. The van der Waals surface area contributed by atoms with E-state index in [1.807, 2.05) is 35.2 Å². The lowest BCUT2D eigenvalue weighted by Crippen LogP contribution is -2.40. The smallest absolute Gasteiger partial charge is 0.266 e. The number of amides is 1. The predicted octanol–water partition coefficient (Wildman–Crippen LogP) is 7.88. The number of nitrogens with zero attached hydrogens (tertiary/aromatic N) is 2. The van der Waals surface area contributed by atoms with Crippen molar-refractivity contribution in [3.8, 4) is 16.9 Å². The van der Waals surface area contributed by atoms with E-state index in [-0.39, 0.29) is 31.9 Å². The van der Waals surface area contributed by atoms with Crippen molar-refractivity contribution in [3.63, 3.8) is 0 Å². The molecule has 4 nitrogen and oxygen atoms in total. The highest BCUT2D eigenvalue weighted by Gasteiger charge is 2.31. The molecule has 0 N–H and O–H groups in total. The molecule has 8 heteroatoms. The molecule has 0 unspecified atom stereocenters. The third kappa shape index (κ3) is 4.82. The van der Waals surface area contributed by atoms with E-state index in [0.717, 1.165) is 72.3 Å². The standard InChI is InChI=1S/C28H25ClF2N2O2S/c1-35-21-14-17(13-19(15-21)18-9-11-32-12-10-18)16-33(20-5-3-2-4-6-20)28(34)27-25(29)24-22(30)7-8-23(31)26(24)36-27/h7-15,20H,2-6,16H2,1H3. The zero-order valence-corrected chi connectivity index (χ0v) is 21.3. The summed E-state index contributed by atoms with van der Waals surface area (Å²) in [5.41, 5.74) is 2.83. The Kier molecular flexibility index (Phi) is 7.21. The van der Waals surface area contributed by atoms with Crippen LogP contribution >= 0.6 is 22.9 Å². The Hall–Kier alpha value is -3.03. The molecule has 2 heterocycles. The summed E-state index contributed by atoms with van der Waals surface area (Å²) in [6.07, 6.45) is 8.39. The molecule has 1 fully saturated rings. The molecule has 1 amide bonds. The van der Waals surface area contributed by atoms with Gasteiger partial charge in [0.1, 0.15) is 22.3 Å². The van der Waals surface area contributed by atoms with Gasteiger partial charge in [0.25, 0.3) is 5.91 Å². The predicted molar refractivity (Wildman–Crippen MR) is 140 cm³/mol. The molecular weight excluding hydrogens is 502 g/mol. The van der Waals surface area contributed by atoms with Crippen molar-refractivity contribution >= 4 is 38.9 Å². The van der Waals surface area contributed by atoms with Crippen molar-refractivity contribution in [2.24, 2.45) is 0 Å². The van der Waals surface area contributed by atoms with Gasteiger partial charge in [-0.3, -0.25) is 9.78 Å². The quantitative estimate of drug-likeness (QED) is 0.256. The van der Waals surface area contributed by atoms with Crippen molar-refractivity contribution in [1.82, 2.24) is 9.88 Å². The lowest BCUT2D eigenvalue weighted by atomic mass is 9.93. The second-order valence-electron chi connectivity index (χ2n) is 9.01. The lowest BCUT2D eigenvalue weighted by Gasteiger charge is -2.34. The highest BCUT2D eigenvalue weighted by atomic mass is 35.5. The second-order valence-corrected chi connectivity index (χ2v) is 10.4. The van der Waals surface area contributed by atoms with Crippen LogP contribution in [0.1, 0.15) is 47.3 Å². The van der Waals surface area contributed by atoms with Gasteiger partial charge in [0.2, 0.25) is 0 Å². The van der Waals surface area contributed by atoms with Crippen LogP contribution in [0.15, 0.2) is 54.9 Å². The minimum absolute atomic E-state index is 0.0119. The molecule has 0 saturated heterocycles. The summed E-state index contributed by atoms with van der Waals surface area (Å²) < 4.78 is 34.6. The van der Waals surface area contributed by atoms with E-state index in [9.17, 15) is 13.6 Å². The molecule has 36 heavy (non-hydrogen) atoms. The number of carbonyl (C=O) groups excluding carboxylic acids is 1. The van der Waals surface area contributed by atoms with Gasteiger partial charge in [0.15, 0.2) is 0 Å². The molecular formula is C28H25ClF2N2O2S. The summed E-state index contributed by atoms with van der Waals surface area (Å²) in [6, 6.07) is 11.9. The van der Waals surface area contributed by atoms with Crippen LogP contribution in [0.5, 0.6) is 5.75 Å². The highest BCUT2D eigenvalue weighted by Crippen LogP contribution is 2.40. The van der Waals surface area contributed by atoms with Crippen LogP contribution in [-0.2, 0) is 6.54 Å². The van der Waals surface area contributed by atoms with E-state index in [2.05, 4.69) is 4.98 Å². The monoisotopic (exact) mass is 526 g/mol. The topological polar surface area (TPSA) is 42.4 Å². The fraction of sp³-hybridized carbons (Fsp3) is 0.286. The fourth-order valence-corrected chi connectivity index (χ4v) is 6.41. The third-order valence-corrected chi connectivity index (χ3v) is 8.40. The molecule has 0 atom stereocenters. The van der Waals surface area contributed by atoms with E-state index in [0.29, 0.717) is 12.3 Å². The first-order chi connectivity index (χ1) is 17.5. The van der Waals surface area contributed by atoms with Crippen LogP contribution in [0.3, 0.4) is 0 Å². The molecule has 0 aliphatic heterocycles. The second kappa shape index (κ2) is 10.5. The molecule has 1 saturated carbocycles. The van der Waals surface area contributed by atoms with Crippen LogP contribution in [0, 0.1) is 11.6 Å². The van der Waals surface area contributed by atoms with E-state index in [1.165, 1.54) is 0 Å². The van der Waals surface area contributed by atoms with Crippen LogP contribution in [0.2, 0.25) is 5.02 Å². The average Bonchev–Trinajstić information content (AvgIpc) is 3.28. The number of fused-ring (bicyclic) bond motifs is 1. The molecule has 0 bridgehead atoms. The molecule has 0 spiro atoms. The van der Waals surface area contributed by atoms with Gasteiger partial charge < -0.3 is 9.64 Å². The number of hydrogen-bond acceptors (Lipinski definition) is 4. The van der Waals surface area contributed by atoms with Crippen molar-refractivity contribution < 1.29 is 18.3 Å². The van der Waals surface area contributed by atoms with Gasteiger partial charge in [-0.2, -0.15) is 0 Å². The largest absolute Gasteiger partial charge is 0.497 e. The van der Waals surface area contributed by atoms with Crippen LogP contribution in [0.4, 0.5) is 8.78 Å². The zero-order chi connectivity index (χ0) is 25.2. The van der Waals surface area contributed by atoms with E-state index in [4.69, 9.17) is 16.3 Å². The zero-order valence-electron chi connectivity index (χ0n) is 19.8. The highest BCUT2D eigenvalue weighted by molar-refractivity contribution is 7.21. The Morgan fingerprint density at radius 3 is 2.47 bits per heavy atom. The minimum Gasteiger partial charge on any atom is -0.497 e. The number of ether oxygens (including phenoxy) is 1. The molecule has 2 aromatic carbocycles. The molecule has 186 valence electrons. The number of benzene rings is 2. The first kappa shape index (κ1) is 24.7. The van der Waals surface area contributed by atoms with Crippen LogP contribution in [-0.4, -0.2) is 28.9 Å². The maximum atomic E-state index is 14.5. The summed E-state index contributed by atoms with van der Waals surface area (Å²) in [5, 5.41) is -0.0594. The first-order valence-corrected chi connectivity index (χ1v) is 13.1. The Bertz CT molecular complexity index is 1400. The molecule has 1 aliphatic carbocycles. The number of thiophene rings is 1. The van der Waals surface area contributed by atoms with Crippen molar-refractivity contribution in [2.45, 2.75) is 44.7 Å². The van der Waals surface area contributed by atoms with Gasteiger partial charge in [0.05, 0.1) is 22.2 Å². The van der Waals surface area contributed by atoms with Crippen LogP contribution < -0.4 is 4.74 Å². The molecule has 2 aromatic heterocycles. The van der Waals surface area contributed by atoms with Crippen molar-refractivity contribution in [1.29, 1.82) is 0 Å². The third-order valence-electron chi connectivity index (χ3n) is 6.72. The summed E-state index contributed by atoms with van der Waals surface area (Å²) in [4.78, 5) is 20.0. The van der Waals surface area contributed by atoms with Gasteiger partial charge in [-0.25, -0.2) is 8.78 Å². The van der Waals surface area contributed by atoms with Gasteiger partial charge in [-0.15, -0.1) is 11.3 Å². The molecule has 1 aliphatic rings. The normalized spacial score (nSPS) is 14.2. The molecule has 0 radical (unpaired) electrons. The van der Waals surface area contributed by atoms with Gasteiger partial charge in [0, 0.05) is 25.0 Å². The Labute approximate surface area is 217 Å². The number of pyridine rings is 1. The maximum Gasteiger partial charge on any atom is 0.266 e. The Morgan fingerprint density at radius 2 is 1.78 bits per heavy atom. The number of rotatable bonds is 6. The van der Waals surface area contributed by atoms with Gasteiger partial charge in [-0.1, -0.05) is 30.9 Å². The van der Waals surface area contributed by atoms with Crippen LogP contribution in [0.25, 0.3) is 21.2 Å². The van der Waals surface area contributed by atoms with Gasteiger partial charge >= 0.3 is 0 Å². The van der Waals surface area contributed by atoms with E-state index in [1.54, 1.807) is 19.5 Å². The maximum absolute atomic E-state index is 14.5. The van der Waals surface area contributed by atoms with Gasteiger partial charge in [-0.05, 0) is 72.0 Å². The Morgan fingerprint density at radius 1 is 1.06 bits per heavy atom. The van der Waals surface area contributed by atoms with Crippen molar-refractivity contribution in [3.05, 3.63) is 82.0 Å². The molecule has 5 rings (SSSR count). The Balaban J connectivity index is 1.56. The molecule has 4 aromatic rings. The number of hydrogen-bond donors (Lipinski definition) is 0. The number of aromatic nitrogens is 1. The average molecular weight is 527 g/mol. The van der Waals surface area contributed by atoms with E-state index >= 15 is 0 Å². The fourth-order valence-electron chi connectivity index (χ4n) is 4.90. The number of carbonyl (C=O) groups is 1. The van der Waals surface area contributed by atoms with Crippen molar-refractivity contribution in [2.75, 3.05) is 7.11 Å². The minimum atomic E-state index is -0.634. The van der Waals surface area contributed by atoms with E-state index < -0.39 is 11.6 Å². The summed E-state index contributed by atoms with van der Waals surface area (Å²) in [5.74, 6) is -0.846. The summed E-state index contributed by atoms with van der Waals surface area (Å²) in [6.45, 7) is 0.328.